The highest BCUT2D eigenvalue weighted by molar-refractivity contribution is 6.31. The Hall–Kier alpha value is -2.06. The molecule has 0 bridgehead atoms. The van der Waals surface area contributed by atoms with Crippen molar-refractivity contribution in [1.82, 2.24) is 20.0 Å². The number of carbonyl (C=O) groups is 1. The summed E-state index contributed by atoms with van der Waals surface area (Å²) >= 11 is 6.25. The largest absolute Gasteiger partial charge is 0.435 e. The minimum atomic E-state index is -4.60. The molecule has 0 radical (unpaired) electrons. The number of halogens is 4. The van der Waals surface area contributed by atoms with Crippen LogP contribution >= 0.6 is 11.6 Å². The Morgan fingerprint density at radius 2 is 2.00 bits per heavy atom. The third kappa shape index (κ3) is 5.76. The molecular weight excluding hydrogens is 417 g/mol. The fourth-order valence-corrected chi connectivity index (χ4v) is 3.91. The summed E-state index contributed by atoms with van der Waals surface area (Å²) in [6, 6.07) is 7.91. The summed E-state index contributed by atoms with van der Waals surface area (Å²) in [5.41, 5.74) is -0.544. The van der Waals surface area contributed by atoms with E-state index in [1.165, 1.54) is 11.3 Å². The van der Waals surface area contributed by atoms with Crippen molar-refractivity contribution in [3.63, 3.8) is 0 Å². The number of H-pyrrole nitrogens is 1. The van der Waals surface area contributed by atoms with E-state index in [0.29, 0.717) is 18.1 Å². The summed E-state index contributed by atoms with van der Waals surface area (Å²) in [4.78, 5) is 16.8. The van der Waals surface area contributed by atoms with Crippen LogP contribution in [-0.4, -0.2) is 52.1 Å². The van der Waals surface area contributed by atoms with Crippen molar-refractivity contribution in [2.24, 2.45) is 5.92 Å². The highest BCUT2D eigenvalue weighted by Gasteiger charge is 2.35. The maximum atomic E-state index is 13.0. The smallest absolute Gasteiger partial charge is 0.332 e. The summed E-state index contributed by atoms with van der Waals surface area (Å²) in [6.07, 6.45) is -1.17. The van der Waals surface area contributed by atoms with Crippen molar-refractivity contribution in [3.8, 4) is 0 Å². The highest BCUT2D eigenvalue weighted by atomic mass is 35.5. The molecule has 1 N–H and O–H groups in total. The molecule has 1 aliphatic rings. The number of nitrogens with one attached hydrogen (secondary N) is 1. The topological polar surface area (TPSA) is 52.2 Å². The summed E-state index contributed by atoms with van der Waals surface area (Å²) in [7, 11) is 0. The first-order valence-electron chi connectivity index (χ1n) is 10.2. The van der Waals surface area contributed by atoms with Gasteiger partial charge in [0.25, 0.3) is 5.91 Å². The fraction of sp³-hybridized carbons (Fsp3) is 0.524. The van der Waals surface area contributed by atoms with Gasteiger partial charge in [-0.15, -0.1) is 0 Å². The van der Waals surface area contributed by atoms with Gasteiger partial charge < -0.3 is 9.80 Å². The molecule has 0 saturated carbocycles. The van der Waals surface area contributed by atoms with Crippen LogP contribution in [0, 0.1) is 5.92 Å². The third-order valence-corrected chi connectivity index (χ3v) is 6.04. The summed E-state index contributed by atoms with van der Waals surface area (Å²) < 4.78 is 38.7. The number of aromatic amines is 1. The number of piperidine rings is 1. The molecule has 164 valence electrons. The lowest BCUT2D eigenvalue weighted by atomic mass is 9.94. The molecule has 0 aliphatic carbocycles. The molecule has 1 saturated heterocycles. The first-order chi connectivity index (χ1) is 14.3. The summed E-state index contributed by atoms with van der Waals surface area (Å²) in [5, 5.41) is 6.00. The minimum absolute atomic E-state index is 0.181. The van der Waals surface area contributed by atoms with Gasteiger partial charge >= 0.3 is 6.18 Å². The number of aromatic nitrogens is 2. The Morgan fingerprint density at radius 1 is 1.30 bits per heavy atom. The second kappa shape index (κ2) is 9.83. The van der Waals surface area contributed by atoms with Crippen LogP contribution in [0.25, 0.3) is 0 Å². The lowest BCUT2D eigenvalue weighted by Crippen LogP contribution is -2.41. The van der Waals surface area contributed by atoms with Gasteiger partial charge in [-0.3, -0.25) is 9.89 Å². The van der Waals surface area contributed by atoms with Gasteiger partial charge in [0.1, 0.15) is 5.69 Å². The molecule has 1 aromatic carbocycles. The average Bonchev–Trinajstić information content (AvgIpc) is 3.23. The summed E-state index contributed by atoms with van der Waals surface area (Å²) in [6.45, 7) is 5.40. The Morgan fingerprint density at radius 3 is 2.60 bits per heavy atom. The van der Waals surface area contributed by atoms with Crippen LogP contribution in [0.4, 0.5) is 13.2 Å². The maximum absolute atomic E-state index is 13.0. The van der Waals surface area contributed by atoms with E-state index < -0.39 is 17.8 Å². The molecule has 30 heavy (non-hydrogen) atoms. The molecule has 0 atom stereocenters. The van der Waals surface area contributed by atoms with Crippen LogP contribution in [0.3, 0.4) is 0 Å². The highest BCUT2D eigenvalue weighted by Crippen LogP contribution is 2.28. The van der Waals surface area contributed by atoms with E-state index in [9.17, 15) is 18.0 Å². The second-order valence-electron chi connectivity index (χ2n) is 7.68. The Balaban J connectivity index is 1.73. The molecule has 3 rings (SSSR count). The molecule has 2 heterocycles. The minimum Gasteiger partial charge on any atom is -0.332 e. The molecular formula is C21H26ClF3N4O. The number of hydrogen-bond acceptors (Lipinski definition) is 3. The van der Waals surface area contributed by atoms with Gasteiger partial charge in [-0.05, 0) is 43.5 Å². The van der Waals surface area contributed by atoms with Gasteiger partial charge in [0.15, 0.2) is 5.69 Å². The molecule has 1 fully saturated rings. The predicted octanol–water partition coefficient (Wildman–Crippen LogP) is 4.85. The maximum Gasteiger partial charge on any atom is 0.435 e. The zero-order chi connectivity index (χ0) is 21.7. The molecule has 0 spiro atoms. The van der Waals surface area contributed by atoms with Crippen LogP contribution in [0.1, 0.15) is 47.9 Å². The number of nitrogens with zero attached hydrogens (tertiary/aromatic N) is 3. The molecule has 5 nitrogen and oxygen atoms in total. The fourth-order valence-electron chi connectivity index (χ4n) is 3.71. The number of amides is 1. The molecule has 1 amide bonds. The van der Waals surface area contributed by atoms with E-state index in [2.05, 4.69) is 22.0 Å². The lowest BCUT2D eigenvalue weighted by Gasteiger charge is -2.33. The van der Waals surface area contributed by atoms with E-state index in [0.717, 1.165) is 43.5 Å². The van der Waals surface area contributed by atoms with Crippen molar-refractivity contribution < 1.29 is 18.0 Å². The summed E-state index contributed by atoms with van der Waals surface area (Å²) in [5.74, 6) is 0.217. The molecule has 1 aromatic heterocycles. The quantitative estimate of drug-likeness (QED) is 0.667. The zero-order valence-corrected chi connectivity index (χ0v) is 17.6. The number of alkyl halides is 3. The van der Waals surface area contributed by atoms with Gasteiger partial charge in [-0.25, -0.2) is 0 Å². The van der Waals surface area contributed by atoms with Crippen molar-refractivity contribution in [2.75, 3.05) is 26.2 Å². The Labute approximate surface area is 179 Å². The van der Waals surface area contributed by atoms with Crippen LogP contribution < -0.4 is 0 Å². The predicted molar refractivity (Wildman–Crippen MR) is 109 cm³/mol. The van der Waals surface area contributed by atoms with Crippen LogP contribution in [0.5, 0.6) is 0 Å². The molecule has 9 heteroatoms. The van der Waals surface area contributed by atoms with Gasteiger partial charge in [-0.1, -0.05) is 43.1 Å². The van der Waals surface area contributed by atoms with E-state index in [1.807, 2.05) is 12.1 Å². The molecule has 0 unspecified atom stereocenters. The van der Waals surface area contributed by atoms with Gasteiger partial charge in [0, 0.05) is 30.7 Å². The Kier molecular flexibility index (Phi) is 7.41. The zero-order valence-electron chi connectivity index (χ0n) is 16.9. The van der Waals surface area contributed by atoms with Crippen LogP contribution in [0.15, 0.2) is 30.3 Å². The normalized spacial score (nSPS) is 16.0. The van der Waals surface area contributed by atoms with E-state index in [4.69, 9.17) is 11.6 Å². The van der Waals surface area contributed by atoms with Crippen molar-refractivity contribution in [2.45, 2.75) is 38.9 Å². The second-order valence-corrected chi connectivity index (χ2v) is 8.08. The number of likely N-dealkylation sites (tertiary alicyclic amines) is 1. The number of benzene rings is 1. The van der Waals surface area contributed by atoms with Crippen molar-refractivity contribution in [1.29, 1.82) is 0 Å². The number of rotatable bonds is 7. The van der Waals surface area contributed by atoms with Crippen LogP contribution in [-0.2, 0) is 12.7 Å². The van der Waals surface area contributed by atoms with E-state index in [-0.39, 0.29) is 12.2 Å². The van der Waals surface area contributed by atoms with E-state index >= 15 is 0 Å². The Bertz CT molecular complexity index is 847. The van der Waals surface area contributed by atoms with Gasteiger partial charge in [0.2, 0.25) is 0 Å². The first-order valence-corrected chi connectivity index (χ1v) is 10.5. The van der Waals surface area contributed by atoms with Gasteiger partial charge in [-0.2, -0.15) is 18.3 Å². The number of carbonyl (C=O) groups excluding carboxylic acids is 1. The first kappa shape index (κ1) is 22.6. The van der Waals surface area contributed by atoms with Gasteiger partial charge in [0.05, 0.1) is 0 Å². The molecule has 1 aliphatic heterocycles. The monoisotopic (exact) mass is 442 g/mol. The average molecular weight is 443 g/mol. The third-order valence-electron chi connectivity index (χ3n) is 5.68. The lowest BCUT2D eigenvalue weighted by molar-refractivity contribution is -0.141. The standard InChI is InChI=1S/C21H26ClF3N4O/c1-2-15-7-9-28(10-8-15)11-12-29(14-16-5-3-4-6-17(16)22)20(30)18-13-19(27-26-18)21(23,24)25/h3-6,13,15H,2,7-12,14H2,1H3,(H,26,27). The van der Waals surface area contributed by atoms with E-state index in [1.54, 1.807) is 12.1 Å². The van der Waals surface area contributed by atoms with Crippen molar-refractivity contribution >= 4 is 17.5 Å². The van der Waals surface area contributed by atoms with Crippen LogP contribution in [0.2, 0.25) is 5.02 Å². The molecule has 2 aromatic rings. The van der Waals surface area contributed by atoms with Crippen molar-refractivity contribution in [3.05, 3.63) is 52.3 Å². The number of hydrogen-bond donors (Lipinski definition) is 1. The SMILES string of the molecule is CCC1CCN(CCN(Cc2ccccc2Cl)C(=O)c2cc(C(F)(F)F)n[nH]2)CC1.